The molecule has 5 heteroatoms. The second-order valence-corrected chi connectivity index (χ2v) is 2.48. The number of hydrogen-bond donors (Lipinski definition) is 1. The quantitative estimate of drug-likeness (QED) is 0.762. The van der Waals surface area contributed by atoms with Crippen LogP contribution in [0.4, 0.5) is 0 Å². The minimum absolute atomic E-state index is 0.234. The third-order valence-corrected chi connectivity index (χ3v) is 1.74. The van der Waals surface area contributed by atoms with Crippen molar-refractivity contribution >= 4 is 5.91 Å². The average Bonchev–Trinajstić information content (AvgIpc) is 2.26. The van der Waals surface area contributed by atoms with Crippen LogP contribution in [0.1, 0.15) is 10.4 Å². The SMILES string of the molecule is CNC(=O)c1ccnc(OC)c1OC. The molecule has 5 nitrogen and oxygen atoms in total. The number of hydrogen-bond acceptors (Lipinski definition) is 4. The van der Waals surface area contributed by atoms with Crippen LogP contribution in [0.25, 0.3) is 0 Å². The van der Waals surface area contributed by atoms with Gasteiger partial charge in [0, 0.05) is 13.2 Å². The highest BCUT2D eigenvalue weighted by atomic mass is 16.5. The Labute approximate surface area is 82.0 Å². The van der Waals surface area contributed by atoms with E-state index in [1.165, 1.54) is 20.4 Å². The Morgan fingerprint density at radius 3 is 2.64 bits per heavy atom. The fourth-order valence-corrected chi connectivity index (χ4v) is 1.09. The number of methoxy groups -OCH3 is 2. The molecule has 0 saturated heterocycles. The zero-order valence-electron chi connectivity index (χ0n) is 8.33. The van der Waals surface area contributed by atoms with E-state index < -0.39 is 0 Å². The van der Waals surface area contributed by atoms with Gasteiger partial charge in [0.15, 0.2) is 5.75 Å². The van der Waals surface area contributed by atoms with Gasteiger partial charge in [-0.25, -0.2) is 4.98 Å². The van der Waals surface area contributed by atoms with Crippen LogP contribution in [0.2, 0.25) is 0 Å². The first-order chi connectivity index (χ1) is 6.74. The van der Waals surface area contributed by atoms with Crippen LogP contribution in [-0.2, 0) is 0 Å². The number of nitrogens with one attached hydrogen (secondary N) is 1. The van der Waals surface area contributed by atoms with E-state index >= 15 is 0 Å². The third-order valence-electron chi connectivity index (χ3n) is 1.74. The molecule has 0 atom stereocenters. The van der Waals surface area contributed by atoms with E-state index in [0.29, 0.717) is 17.2 Å². The Morgan fingerprint density at radius 1 is 1.43 bits per heavy atom. The van der Waals surface area contributed by atoms with Crippen LogP contribution in [0.15, 0.2) is 12.3 Å². The van der Waals surface area contributed by atoms with E-state index in [-0.39, 0.29) is 5.91 Å². The molecule has 0 radical (unpaired) electrons. The van der Waals surface area contributed by atoms with Crippen molar-refractivity contribution in [2.24, 2.45) is 0 Å². The molecule has 1 aromatic heterocycles. The monoisotopic (exact) mass is 196 g/mol. The Balaban J connectivity index is 3.21. The van der Waals surface area contributed by atoms with Crippen LogP contribution in [0.5, 0.6) is 11.6 Å². The summed E-state index contributed by atoms with van der Waals surface area (Å²) in [6.45, 7) is 0. The molecule has 76 valence electrons. The van der Waals surface area contributed by atoms with Crippen molar-refractivity contribution in [2.45, 2.75) is 0 Å². The van der Waals surface area contributed by atoms with Crippen molar-refractivity contribution in [1.82, 2.24) is 10.3 Å². The van der Waals surface area contributed by atoms with Crippen molar-refractivity contribution < 1.29 is 14.3 Å². The van der Waals surface area contributed by atoms with Gasteiger partial charge in [-0.05, 0) is 6.07 Å². The van der Waals surface area contributed by atoms with E-state index in [4.69, 9.17) is 9.47 Å². The summed E-state index contributed by atoms with van der Waals surface area (Å²) >= 11 is 0. The Bertz CT molecular complexity index is 339. The maximum absolute atomic E-state index is 11.4. The maximum atomic E-state index is 11.4. The van der Waals surface area contributed by atoms with Gasteiger partial charge in [-0.3, -0.25) is 4.79 Å². The van der Waals surface area contributed by atoms with E-state index in [9.17, 15) is 4.79 Å². The molecular weight excluding hydrogens is 184 g/mol. The van der Waals surface area contributed by atoms with Gasteiger partial charge in [-0.1, -0.05) is 0 Å². The Kier molecular flexibility index (Phi) is 3.28. The molecule has 0 aromatic carbocycles. The zero-order valence-corrected chi connectivity index (χ0v) is 8.33. The van der Waals surface area contributed by atoms with Crippen molar-refractivity contribution in [1.29, 1.82) is 0 Å². The lowest BCUT2D eigenvalue weighted by atomic mass is 10.2. The number of rotatable bonds is 3. The molecule has 0 fully saturated rings. The predicted octanol–water partition coefficient (Wildman–Crippen LogP) is 0.458. The van der Waals surface area contributed by atoms with Crippen LogP contribution >= 0.6 is 0 Å². The van der Waals surface area contributed by atoms with Gasteiger partial charge in [0.1, 0.15) is 0 Å². The third kappa shape index (κ3) is 1.76. The van der Waals surface area contributed by atoms with Gasteiger partial charge in [0.25, 0.3) is 11.8 Å². The molecular formula is C9H12N2O3. The summed E-state index contributed by atoms with van der Waals surface area (Å²) in [4.78, 5) is 15.3. The highest BCUT2D eigenvalue weighted by Crippen LogP contribution is 2.27. The van der Waals surface area contributed by atoms with Gasteiger partial charge in [0.05, 0.1) is 19.8 Å². The zero-order chi connectivity index (χ0) is 10.6. The maximum Gasteiger partial charge on any atom is 0.257 e. The Hall–Kier alpha value is -1.78. The van der Waals surface area contributed by atoms with Crippen molar-refractivity contribution in [2.75, 3.05) is 21.3 Å². The second-order valence-electron chi connectivity index (χ2n) is 2.48. The van der Waals surface area contributed by atoms with Crippen LogP contribution in [0, 0.1) is 0 Å². The first-order valence-electron chi connectivity index (χ1n) is 4.03. The van der Waals surface area contributed by atoms with E-state index in [2.05, 4.69) is 10.3 Å². The molecule has 0 bridgehead atoms. The molecule has 1 amide bonds. The summed E-state index contributed by atoms with van der Waals surface area (Å²) in [5, 5.41) is 2.51. The number of aromatic nitrogens is 1. The van der Waals surface area contributed by atoms with Crippen LogP contribution in [-0.4, -0.2) is 32.2 Å². The van der Waals surface area contributed by atoms with Gasteiger partial charge in [-0.15, -0.1) is 0 Å². The van der Waals surface area contributed by atoms with Gasteiger partial charge >= 0.3 is 0 Å². The number of nitrogens with zero attached hydrogens (tertiary/aromatic N) is 1. The molecule has 0 saturated carbocycles. The molecule has 0 unspecified atom stereocenters. The van der Waals surface area contributed by atoms with Crippen LogP contribution < -0.4 is 14.8 Å². The molecule has 0 aliphatic heterocycles. The minimum Gasteiger partial charge on any atom is -0.491 e. The van der Waals surface area contributed by atoms with E-state index in [1.54, 1.807) is 13.1 Å². The van der Waals surface area contributed by atoms with E-state index in [1.807, 2.05) is 0 Å². The summed E-state index contributed by atoms with van der Waals surface area (Å²) in [5.74, 6) is 0.408. The summed E-state index contributed by atoms with van der Waals surface area (Å²) in [7, 11) is 4.49. The number of amides is 1. The first-order valence-corrected chi connectivity index (χ1v) is 4.03. The van der Waals surface area contributed by atoms with Gasteiger partial charge in [0.2, 0.25) is 0 Å². The lowest BCUT2D eigenvalue weighted by Crippen LogP contribution is -2.19. The topological polar surface area (TPSA) is 60.5 Å². The highest BCUT2D eigenvalue weighted by Gasteiger charge is 2.15. The molecule has 1 N–H and O–H groups in total. The van der Waals surface area contributed by atoms with Gasteiger partial charge < -0.3 is 14.8 Å². The van der Waals surface area contributed by atoms with E-state index in [0.717, 1.165) is 0 Å². The molecule has 14 heavy (non-hydrogen) atoms. The Morgan fingerprint density at radius 2 is 2.14 bits per heavy atom. The number of carbonyl (C=O) groups excluding carboxylic acids is 1. The summed E-state index contributed by atoms with van der Waals surface area (Å²) in [5.41, 5.74) is 0.404. The molecule has 1 heterocycles. The summed E-state index contributed by atoms with van der Waals surface area (Å²) in [6.07, 6.45) is 1.49. The fraction of sp³-hybridized carbons (Fsp3) is 0.333. The summed E-state index contributed by atoms with van der Waals surface area (Å²) in [6, 6.07) is 1.57. The van der Waals surface area contributed by atoms with Crippen molar-refractivity contribution in [3.63, 3.8) is 0 Å². The fourth-order valence-electron chi connectivity index (χ4n) is 1.09. The van der Waals surface area contributed by atoms with Crippen molar-refractivity contribution in [3.05, 3.63) is 17.8 Å². The molecule has 0 aliphatic rings. The lowest BCUT2D eigenvalue weighted by Gasteiger charge is -2.09. The van der Waals surface area contributed by atoms with Crippen LogP contribution in [0.3, 0.4) is 0 Å². The normalized spacial score (nSPS) is 9.36. The molecule has 0 spiro atoms. The minimum atomic E-state index is -0.234. The number of ether oxygens (including phenoxy) is 2. The highest BCUT2D eigenvalue weighted by molar-refractivity contribution is 5.97. The number of pyridine rings is 1. The van der Waals surface area contributed by atoms with Crippen molar-refractivity contribution in [3.8, 4) is 11.6 Å². The van der Waals surface area contributed by atoms with Gasteiger partial charge in [-0.2, -0.15) is 0 Å². The molecule has 1 aromatic rings. The molecule has 0 aliphatic carbocycles. The standard InChI is InChI=1S/C9H12N2O3/c1-10-8(12)6-4-5-11-9(14-3)7(6)13-2/h4-5H,1-3H3,(H,10,12). The predicted molar refractivity (Wildman–Crippen MR) is 50.7 cm³/mol. The number of carbonyl (C=O) groups is 1. The lowest BCUT2D eigenvalue weighted by molar-refractivity contribution is 0.0959. The summed E-state index contributed by atoms with van der Waals surface area (Å²) < 4.78 is 10.00. The second kappa shape index (κ2) is 4.45. The smallest absolute Gasteiger partial charge is 0.257 e. The largest absolute Gasteiger partial charge is 0.491 e. The molecule has 1 rings (SSSR count). The average molecular weight is 196 g/mol. The first kappa shape index (κ1) is 10.3.